The summed E-state index contributed by atoms with van der Waals surface area (Å²) in [4.78, 5) is 23.2. The molecule has 1 aromatic rings. The molecule has 1 fully saturated rings. The molecular formula is C19H24F3NO4. The van der Waals surface area contributed by atoms with Gasteiger partial charge >= 0.3 is 12.1 Å². The number of alkyl halides is 3. The minimum Gasteiger partial charge on any atom is -0.491 e. The van der Waals surface area contributed by atoms with E-state index in [2.05, 4.69) is 5.32 Å². The fourth-order valence-electron chi connectivity index (χ4n) is 3.25. The van der Waals surface area contributed by atoms with Gasteiger partial charge in [-0.05, 0) is 57.2 Å². The van der Waals surface area contributed by atoms with Gasteiger partial charge in [-0.2, -0.15) is 13.2 Å². The van der Waals surface area contributed by atoms with E-state index < -0.39 is 23.6 Å². The van der Waals surface area contributed by atoms with Crippen LogP contribution in [0.3, 0.4) is 0 Å². The molecule has 1 saturated carbocycles. The average molecular weight is 387 g/mol. The van der Waals surface area contributed by atoms with Crippen molar-refractivity contribution in [3.63, 3.8) is 0 Å². The van der Waals surface area contributed by atoms with Gasteiger partial charge in [0.15, 0.2) is 0 Å². The monoisotopic (exact) mass is 387 g/mol. The van der Waals surface area contributed by atoms with Crippen LogP contribution in [0.5, 0.6) is 5.75 Å². The Bertz CT molecular complexity index is 680. The fourth-order valence-corrected chi connectivity index (χ4v) is 3.25. The number of carboxylic acids is 1. The third-order valence-corrected chi connectivity index (χ3v) is 4.66. The molecule has 0 spiro atoms. The van der Waals surface area contributed by atoms with E-state index in [4.69, 9.17) is 9.84 Å². The summed E-state index contributed by atoms with van der Waals surface area (Å²) in [7, 11) is 0. The van der Waals surface area contributed by atoms with E-state index in [0.717, 1.165) is 6.07 Å². The van der Waals surface area contributed by atoms with Gasteiger partial charge in [-0.15, -0.1) is 0 Å². The molecule has 27 heavy (non-hydrogen) atoms. The number of carboxylic acid groups (broad SMARTS) is 1. The van der Waals surface area contributed by atoms with Crippen LogP contribution in [0.25, 0.3) is 0 Å². The van der Waals surface area contributed by atoms with Crippen LogP contribution >= 0.6 is 0 Å². The Balaban J connectivity index is 2.02. The largest absolute Gasteiger partial charge is 0.491 e. The number of hydrogen-bond acceptors (Lipinski definition) is 3. The molecule has 1 amide bonds. The lowest BCUT2D eigenvalue weighted by atomic mass is 9.81. The Morgan fingerprint density at radius 2 is 1.78 bits per heavy atom. The number of carbonyl (C=O) groups excluding carboxylic acids is 1. The minimum atomic E-state index is -4.56. The van der Waals surface area contributed by atoms with Crippen LogP contribution in [-0.4, -0.2) is 23.1 Å². The normalized spacial score (nSPS) is 20.4. The van der Waals surface area contributed by atoms with Crippen LogP contribution in [0.1, 0.15) is 50.7 Å². The summed E-state index contributed by atoms with van der Waals surface area (Å²) in [6.07, 6.45) is -3.15. The molecule has 8 heteroatoms. The molecule has 1 aromatic carbocycles. The molecular weight excluding hydrogens is 363 g/mol. The second-order valence-corrected chi connectivity index (χ2v) is 7.09. The predicted octanol–water partition coefficient (Wildman–Crippen LogP) is 4.00. The third kappa shape index (κ3) is 5.87. The maximum Gasteiger partial charge on any atom is 0.416 e. The lowest BCUT2D eigenvalue weighted by Crippen LogP contribution is -2.34. The first-order chi connectivity index (χ1) is 12.6. The SMILES string of the molecule is CC(C)Oc1ccc(CNC(=O)C2CCC(C(=O)O)CC2)c(C(F)(F)F)c1. The Morgan fingerprint density at radius 1 is 1.19 bits per heavy atom. The van der Waals surface area contributed by atoms with Crippen LogP contribution in [0.4, 0.5) is 13.2 Å². The summed E-state index contributed by atoms with van der Waals surface area (Å²) in [5, 5.41) is 11.5. The molecule has 0 aliphatic heterocycles. The molecule has 2 N–H and O–H groups in total. The van der Waals surface area contributed by atoms with Gasteiger partial charge in [-0.25, -0.2) is 0 Å². The van der Waals surface area contributed by atoms with Gasteiger partial charge in [-0.1, -0.05) is 6.07 Å². The van der Waals surface area contributed by atoms with E-state index in [1.807, 2.05) is 0 Å². The first-order valence-corrected chi connectivity index (χ1v) is 8.95. The number of aliphatic carboxylic acids is 1. The van der Waals surface area contributed by atoms with Gasteiger partial charge in [0.25, 0.3) is 0 Å². The maximum absolute atomic E-state index is 13.3. The van der Waals surface area contributed by atoms with Gasteiger partial charge in [0.1, 0.15) is 5.75 Å². The molecule has 0 heterocycles. The van der Waals surface area contributed by atoms with Crippen LogP contribution in [0.2, 0.25) is 0 Å². The van der Waals surface area contributed by atoms with Crippen molar-refractivity contribution < 1.29 is 32.6 Å². The highest BCUT2D eigenvalue weighted by Gasteiger charge is 2.34. The highest BCUT2D eigenvalue weighted by molar-refractivity contribution is 5.79. The Kier molecular flexibility index (Phi) is 6.73. The molecule has 1 aliphatic carbocycles. The van der Waals surface area contributed by atoms with Crippen molar-refractivity contribution in [3.05, 3.63) is 29.3 Å². The molecule has 5 nitrogen and oxygen atoms in total. The molecule has 0 saturated heterocycles. The molecule has 0 atom stereocenters. The molecule has 1 aliphatic rings. The van der Waals surface area contributed by atoms with Crippen molar-refractivity contribution in [3.8, 4) is 5.75 Å². The number of amides is 1. The molecule has 0 aromatic heterocycles. The van der Waals surface area contributed by atoms with Gasteiger partial charge in [0, 0.05) is 12.5 Å². The van der Waals surface area contributed by atoms with E-state index in [1.165, 1.54) is 12.1 Å². The summed E-state index contributed by atoms with van der Waals surface area (Å²) >= 11 is 0. The van der Waals surface area contributed by atoms with Crippen LogP contribution in [0, 0.1) is 11.8 Å². The standard InChI is InChI=1S/C19H24F3NO4/c1-11(2)27-15-8-7-14(16(9-15)19(20,21)22)10-23-17(24)12-3-5-13(6-4-12)18(25)26/h7-9,11-13H,3-6,10H2,1-2H3,(H,23,24)(H,25,26). The zero-order chi connectivity index (χ0) is 20.2. The number of rotatable bonds is 6. The molecule has 150 valence electrons. The summed E-state index contributed by atoms with van der Waals surface area (Å²) in [5.41, 5.74) is -0.873. The number of hydrogen-bond donors (Lipinski definition) is 2. The van der Waals surface area contributed by atoms with E-state index in [1.54, 1.807) is 13.8 Å². The van der Waals surface area contributed by atoms with Crippen LogP contribution in [-0.2, 0) is 22.3 Å². The van der Waals surface area contributed by atoms with Crippen LogP contribution < -0.4 is 10.1 Å². The average Bonchev–Trinajstić information content (AvgIpc) is 2.59. The van der Waals surface area contributed by atoms with Crippen molar-refractivity contribution in [2.45, 2.75) is 58.4 Å². The zero-order valence-electron chi connectivity index (χ0n) is 15.3. The van der Waals surface area contributed by atoms with Crippen LogP contribution in [0.15, 0.2) is 18.2 Å². The summed E-state index contributed by atoms with van der Waals surface area (Å²) < 4.78 is 45.3. The number of benzene rings is 1. The Morgan fingerprint density at radius 3 is 2.30 bits per heavy atom. The Labute approximate surface area is 155 Å². The maximum atomic E-state index is 13.3. The van der Waals surface area contributed by atoms with Crippen molar-refractivity contribution in [2.24, 2.45) is 11.8 Å². The van der Waals surface area contributed by atoms with E-state index in [9.17, 15) is 22.8 Å². The fraction of sp³-hybridized carbons (Fsp3) is 0.579. The van der Waals surface area contributed by atoms with E-state index in [0.29, 0.717) is 25.7 Å². The Hall–Kier alpha value is -2.25. The van der Waals surface area contributed by atoms with Crippen molar-refractivity contribution in [1.29, 1.82) is 0 Å². The number of halogens is 3. The third-order valence-electron chi connectivity index (χ3n) is 4.66. The predicted molar refractivity (Wildman–Crippen MR) is 92.1 cm³/mol. The summed E-state index contributed by atoms with van der Waals surface area (Å²) in [6, 6.07) is 3.70. The van der Waals surface area contributed by atoms with Crippen molar-refractivity contribution in [1.82, 2.24) is 5.32 Å². The minimum absolute atomic E-state index is 0.0359. The molecule has 0 radical (unpaired) electrons. The highest BCUT2D eigenvalue weighted by Crippen LogP contribution is 2.35. The first-order valence-electron chi connectivity index (χ1n) is 8.95. The zero-order valence-corrected chi connectivity index (χ0v) is 15.3. The quantitative estimate of drug-likeness (QED) is 0.774. The van der Waals surface area contributed by atoms with Gasteiger partial charge in [0.05, 0.1) is 17.6 Å². The lowest BCUT2D eigenvalue weighted by Gasteiger charge is -2.25. The lowest BCUT2D eigenvalue weighted by molar-refractivity contribution is -0.144. The number of carbonyl (C=O) groups is 2. The smallest absolute Gasteiger partial charge is 0.416 e. The second kappa shape index (κ2) is 8.63. The number of ether oxygens (including phenoxy) is 1. The summed E-state index contributed by atoms with van der Waals surface area (Å²) in [5.74, 6) is -1.89. The van der Waals surface area contributed by atoms with Gasteiger partial charge < -0.3 is 15.2 Å². The first kappa shape index (κ1) is 21.1. The molecule has 0 bridgehead atoms. The summed E-state index contributed by atoms with van der Waals surface area (Å²) in [6.45, 7) is 3.20. The topological polar surface area (TPSA) is 75.6 Å². The van der Waals surface area contributed by atoms with E-state index >= 15 is 0 Å². The highest BCUT2D eigenvalue weighted by atomic mass is 19.4. The molecule has 0 unspecified atom stereocenters. The second-order valence-electron chi connectivity index (χ2n) is 7.09. The van der Waals surface area contributed by atoms with Crippen molar-refractivity contribution in [2.75, 3.05) is 0 Å². The van der Waals surface area contributed by atoms with Gasteiger partial charge in [-0.3, -0.25) is 9.59 Å². The van der Waals surface area contributed by atoms with Gasteiger partial charge in [0.2, 0.25) is 5.91 Å². The van der Waals surface area contributed by atoms with Crippen molar-refractivity contribution >= 4 is 11.9 Å². The molecule has 2 rings (SSSR count). The number of nitrogens with one attached hydrogen (secondary N) is 1. The van der Waals surface area contributed by atoms with E-state index in [-0.39, 0.29) is 35.8 Å².